The summed E-state index contributed by atoms with van der Waals surface area (Å²) < 4.78 is 0. The van der Waals surface area contributed by atoms with Crippen LogP contribution in [-0.4, -0.2) is 30.4 Å². The highest BCUT2D eigenvalue weighted by Crippen LogP contribution is 2.21. The van der Waals surface area contributed by atoms with Crippen molar-refractivity contribution in [1.82, 2.24) is 10.2 Å². The van der Waals surface area contributed by atoms with Gasteiger partial charge in [0.1, 0.15) is 0 Å². The van der Waals surface area contributed by atoms with E-state index in [1.165, 1.54) is 24.0 Å². The smallest absolute Gasteiger partial charge is 0.254 e. The lowest BCUT2D eigenvalue weighted by Crippen LogP contribution is -2.34. The molecule has 0 bridgehead atoms. The summed E-state index contributed by atoms with van der Waals surface area (Å²) in [4.78, 5) is 14.8. The molecule has 0 saturated carbocycles. The maximum absolute atomic E-state index is 12.7. The fraction of sp³-hybridized carbons (Fsp3) is 0.562. The van der Waals surface area contributed by atoms with Gasteiger partial charge in [0.05, 0.1) is 0 Å². The lowest BCUT2D eigenvalue weighted by atomic mass is 9.95. The fourth-order valence-electron chi connectivity index (χ4n) is 3.16. The Kier molecular flexibility index (Phi) is 3.83. The van der Waals surface area contributed by atoms with Gasteiger partial charge in [-0.25, -0.2) is 0 Å². The van der Waals surface area contributed by atoms with Crippen molar-refractivity contribution >= 4 is 5.91 Å². The average Bonchev–Trinajstić information content (AvgIpc) is 2.75. The van der Waals surface area contributed by atoms with Crippen LogP contribution in [0.2, 0.25) is 0 Å². The second kappa shape index (κ2) is 5.74. The summed E-state index contributed by atoms with van der Waals surface area (Å²) in [6, 6.07) is 6.20. The monoisotopic (exact) mass is 258 g/mol. The van der Waals surface area contributed by atoms with Gasteiger partial charge in [-0.15, -0.1) is 0 Å². The zero-order valence-electron chi connectivity index (χ0n) is 11.5. The van der Waals surface area contributed by atoms with Crippen LogP contribution < -0.4 is 5.32 Å². The Bertz CT molecular complexity index is 462. The van der Waals surface area contributed by atoms with Gasteiger partial charge in [0.2, 0.25) is 0 Å². The molecule has 1 aromatic rings. The van der Waals surface area contributed by atoms with Crippen LogP contribution in [-0.2, 0) is 13.0 Å². The summed E-state index contributed by atoms with van der Waals surface area (Å²) in [7, 11) is 0. The molecule has 3 nitrogen and oxygen atoms in total. The van der Waals surface area contributed by atoms with Crippen LogP contribution in [0.4, 0.5) is 0 Å². The molecule has 0 aliphatic carbocycles. The number of benzene rings is 1. The molecule has 102 valence electrons. The maximum atomic E-state index is 12.7. The first-order valence-corrected chi connectivity index (χ1v) is 7.47. The summed E-state index contributed by atoms with van der Waals surface area (Å²) in [6.45, 7) is 3.71. The minimum atomic E-state index is 0.238. The molecule has 0 atom stereocenters. The van der Waals surface area contributed by atoms with Gasteiger partial charge in [-0.05, 0) is 43.0 Å². The van der Waals surface area contributed by atoms with E-state index >= 15 is 0 Å². The van der Waals surface area contributed by atoms with E-state index in [1.54, 1.807) is 0 Å². The number of amides is 1. The Morgan fingerprint density at radius 1 is 1.11 bits per heavy atom. The predicted octanol–water partition coefficient (Wildman–Crippen LogP) is 2.35. The van der Waals surface area contributed by atoms with Gasteiger partial charge in [-0.1, -0.05) is 25.0 Å². The molecular formula is C16H22N2O. The zero-order chi connectivity index (χ0) is 13.1. The van der Waals surface area contributed by atoms with Crippen molar-refractivity contribution in [1.29, 1.82) is 0 Å². The molecule has 2 heterocycles. The van der Waals surface area contributed by atoms with E-state index in [-0.39, 0.29) is 5.91 Å². The third-order valence-corrected chi connectivity index (χ3v) is 4.27. The number of carbonyl (C=O) groups excluding carboxylic acids is 1. The average molecular weight is 258 g/mol. The first-order valence-electron chi connectivity index (χ1n) is 7.47. The molecule has 1 fully saturated rings. The minimum absolute atomic E-state index is 0.238. The predicted molar refractivity (Wildman–Crippen MR) is 76.2 cm³/mol. The molecule has 0 unspecified atom stereocenters. The Morgan fingerprint density at radius 2 is 1.89 bits per heavy atom. The van der Waals surface area contributed by atoms with Gasteiger partial charge in [-0.2, -0.15) is 0 Å². The van der Waals surface area contributed by atoms with E-state index in [4.69, 9.17) is 0 Å². The Hall–Kier alpha value is -1.35. The summed E-state index contributed by atoms with van der Waals surface area (Å²) in [6.07, 6.45) is 5.87. The number of nitrogens with one attached hydrogen (secondary N) is 1. The van der Waals surface area contributed by atoms with E-state index in [2.05, 4.69) is 16.3 Å². The normalized spacial score (nSPS) is 19.7. The summed E-state index contributed by atoms with van der Waals surface area (Å²) in [5.74, 6) is 0.238. The van der Waals surface area contributed by atoms with Crippen LogP contribution in [0.3, 0.4) is 0 Å². The van der Waals surface area contributed by atoms with Gasteiger partial charge in [0, 0.05) is 25.2 Å². The molecule has 1 N–H and O–H groups in total. The summed E-state index contributed by atoms with van der Waals surface area (Å²) in [5, 5.41) is 3.38. The first kappa shape index (κ1) is 12.7. The maximum Gasteiger partial charge on any atom is 0.254 e. The lowest BCUT2D eigenvalue weighted by Gasteiger charge is -2.25. The molecule has 3 heteroatoms. The standard InChI is InChI=1S/C16H22N2O/c19-16(18-10-3-1-2-4-11-18)14-7-5-6-13-8-9-17-12-15(13)14/h5-7,17H,1-4,8-12H2. The van der Waals surface area contributed by atoms with Gasteiger partial charge in [-0.3, -0.25) is 4.79 Å². The largest absolute Gasteiger partial charge is 0.339 e. The van der Waals surface area contributed by atoms with E-state index in [1.807, 2.05) is 12.1 Å². The highest BCUT2D eigenvalue weighted by molar-refractivity contribution is 5.96. The van der Waals surface area contributed by atoms with Crippen molar-refractivity contribution in [3.05, 3.63) is 34.9 Å². The van der Waals surface area contributed by atoms with Crippen molar-refractivity contribution in [2.45, 2.75) is 38.6 Å². The van der Waals surface area contributed by atoms with E-state index in [9.17, 15) is 4.79 Å². The topological polar surface area (TPSA) is 32.3 Å². The number of likely N-dealkylation sites (tertiary alicyclic amines) is 1. The molecule has 0 spiro atoms. The van der Waals surface area contributed by atoms with Crippen LogP contribution in [0.25, 0.3) is 0 Å². The van der Waals surface area contributed by atoms with Crippen LogP contribution in [0, 0.1) is 0 Å². The van der Waals surface area contributed by atoms with Crippen molar-refractivity contribution in [2.24, 2.45) is 0 Å². The molecular weight excluding hydrogens is 236 g/mol. The highest BCUT2D eigenvalue weighted by Gasteiger charge is 2.22. The van der Waals surface area contributed by atoms with E-state index in [0.29, 0.717) is 0 Å². The Balaban J connectivity index is 1.86. The molecule has 1 amide bonds. The first-order chi connectivity index (χ1) is 9.36. The Labute approximate surface area is 115 Å². The number of fused-ring (bicyclic) bond motifs is 1. The van der Waals surface area contributed by atoms with Crippen molar-refractivity contribution in [2.75, 3.05) is 19.6 Å². The summed E-state index contributed by atoms with van der Waals surface area (Å²) >= 11 is 0. The molecule has 2 aliphatic rings. The third kappa shape index (κ3) is 2.66. The molecule has 3 rings (SSSR count). The van der Waals surface area contributed by atoms with Crippen LogP contribution in [0.1, 0.15) is 47.2 Å². The van der Waals surface area contributed by atoms with Crippen LogP contribution in [0.15, 0.2) is 18.2 Å². The van der Waals surface area contributed by atoms with E-state index < -0.39 is 0 Å². The van der Waals surface area contributed by atoms with Crippen molar-refractivity contribution in [3.8, 4) is 0 Å². The molecule has 0 radical (unpaired) electrons. The van der Waals surface area contributed by atoms with Gasteiger partial charge >= 0.3 is 0 Å². The molecule has 1 aromatic carbocycles. The fourth-order valence-corrected chi connectivity index (χ4v) is 3.16. The third-order valence-electron chi connectivity index (χ3n) is 4.27. The number of carbonyl (C=O) groups is 1. The van der Waals surface area contributed by atoms with Crippen molar-refractivity contribution in [3.63, 3.8) is 0 Å². The minimum Gasteiger partial charge on any atom is -0.339 e. The SMILES string of the molecule is O=C(c1cccc2c1CNCC2)N1CCCCCC1. The van der Waals surface area contributed by atoms with Crippen molar-refractivity contribution < 1.29 is 4.79 Å². The quantitative estimate of drug-likeness (QED) is 0.838. The molecule has 2 aliphatic heterocycles. The van der Waals surface area contributed by atoms with Gasteiger partial charge in [0.25, 0.3) is 5.91 Å². The second-order valence-electron chi connectivity index (χ2n) is 5.58. The number of nitrogens with zero attached hydrogens (tertiary/aromatic N) is 1. The second-order valence-corrected chi connectivity index (χ2v) is 5.58. The van der Waals surface area contributed by atoms with E-state index in [0.717, 1.165) is 51.0 Å². The molecule has 0 aromatic heterocycles. The number of hydrogen-bond donors (Lipinski definition) is 1. The highest BCUT2D eigenvalue weighted by atomic mass is 16.2. The molecule has 19 heavy (non-hydrogen) atoms. The summed E-state index contributed by atoms with van der Waals surface area (Å²) in [5.41, 5.74) is 3.49. The molecule has 1 saturated heterocycles. The van der Waals surface area contributed by atoms with Gasteiger partial charge in [0.15, 0.2) is 0 Å². The zero-order valence-corrected chi connectivity index (χ0v) is 11.5. The number of rotatable bonds is 1. The van der Waals surface area contributed by atoms with Crippen LogP contribution in [0.5, 0.6) is 0 Å². The number of hydrogen-bond acceptors (Lipinski definition) is 2. The Morgan fingerprint density at radius 3 is 2.68 bits per heavy atom. The van der Waals surface area contributed by atoms with Gasteiger partial charge < -0.3 is 10.2 Å². The lowest BCUT2D eigenvalue weighted by molar-refractivity contribution is 0.0760. The van der Waals surface area contributed by atoms with Crippen LogP contribution >= 0.6 is 0 Å².